The summed E-state index contributed by atoms with van der Waals surface area (Å²) < 4.78 is 18.8. The van der Waals surface area contributed by atoms with E-state index in [1.165, 1.54) is 25.1 Å². The maximum absolute atomic E-state index is 13.1. The third kappa shape index (κ3) is 4.02. The average Bonchev–Trinajstić information content (AvgIpc) is 2.42. The summed E-state index contributed by atoms with van der Waals surface area (Å²) in [6.07, 6.45) is 0. The summed E-state index contributed by atoms with van der Waals surface area (Å²) in [6.45, 7) is 6.94. The zero-order valence-electron chi connectivity index (χ0n) is 12.1. The fourth-order valence-electron chi connectivity index (χ4n) is 2.26. The van der Waals surface area contributed by atoms with Crippen molar-refractivity contribution < 1.29 is 13.9 Å². The number of benzene rings is 1. The fourth-order valence-corrected chi connectivity index (χ4v) is 2.26. The van der Waals surface area contributed by atoms with Gasteiger partial charge in [0, 0.05) is 32.7 Å². The first-order chi connectivity index (χ1) is 9.56. The van der Waals surface area contributed by atoms with Crippen LogP contribution in [-0.4, -0.2) is 62.0 Å². The molecular formula is C15H21FN2O2. The second-order valence-electron chi connectivity index (χ2n) is 5.19. The number of rotatable bonds is 5. The highest BCUT2D eigenvalue weighted by Gasteiger charge is 2.14. The summed E-state index contributed by atoms with van der Waals surface area (Å²) in [5.74, 6) is -0.131. The second kappa shape index (κ2) is 6.81. The molecule has 1 aromatic carbocycles. The number of hydrogen-bond donors (Lipinski definition) is 0. The predicted molar refractivity (Wildman–Crippen MR) is 75.8 cm³/mol. The van der Waals surface area contributed by atoms with Gasteiger partial charge < -0.3 is 9.64 Å². The number of hydrogen-bond acceptors (Lipinski definition) is 4. The molecule has 1 heterocycles. The van der Waals surface area contributed by atoms with Crippen molar-refractivity contribution in [2.75, 3.05) is 46.4 Å². The average molecular weight is 280 g/mol. The molecule has 1 saturated heterocycles. The first-order valence-corrected chi connectivity index (χ1v) is 6.90. The molecule has 0 bridgehead atoms. The van der Waals surface area contributed by atoms with Crippen LogP contribution in [-0.2, 0) is 0 Å². The highest BCUT2D eigenvalue weighted by atomic mass is 19.1. The van der Waals surface area contributed by atoms with E-state index in [4.69, 9.17) is 4.74 Å². The molecule has 0 aliphatic carbocycles. The van der Waals surface area contributed by atoms with Crippen LogP contribution < -0.4 is 4.74 Å². The van der Waals surface area contributed by atoms with E-state index < -0.39 is 5.82 Å². The van der Waals surface area contributed by atoms with E-state index >= 15 is 0 Å². The van der Waals surface area contributed by atoms with Crippen molar-refractivity contribution in [1.82, 2.24) is 9.80 Å². The third-order valence-corrected chi connectivity index (χ3v) is 3.58. The monoisotopic (exact) mass is 280 g/mol. The number of nitrogens with zero attached hydrogens (tertiary/aromatic N) is 2. The molecule has 0 atom stereocenters. The summed E-state index contributed by atoms with van der Waals surface area (Å²) in [5, 5.41) is 0. The Morgan fingerprint density at radius 1 is 1.30 bits per heavy atom. The van der Waals surface area contributed by atoms with Crippen LogP contribution in [0.2, 0.25) is 0 Å². The van der Waals surface area contributed by atoms with E-state index in [-0.39, 0.29) is 5.78 Å². The highest BCUT2D eigenvalue weighted by Crippen LogP contribution is 2.20. The van der Waals surface area contributed by atoms with E-state index in [1.54, 1.807) is 0 Å². The van der Waals surface area contributed by atoms with Gasteiger partial charge in [0.05, 0.1) is 5.56 Å². The summed E-state index contributed by atoms with van der Waals surface area (Å²) in [5.41, 5.74) is 0.309. The summed E-state index contributed by atoms with van der Waals surface area (Å²) in [6, 6.07) is 4.07. The number of carbonyl (C=O) groups is 1. The lowest BCUT2D eigenvalue weighted by atomic mass is 10.1. The molecule has 4 nitrogen and oxygen atoms in total. The van der Waals surface area contributed by atoms with Crippen molar-refractivity contribution >= 4 is 5.78 Å². The van der Waals surface area contributed by atoms with Crippen LogP contribution in [0.1, 0.15) is 17.3 Å². The van der Waals surface area contributed by atoms with Crippen LogP contribution in [0.3, 0.4) is 0 Å². The number of ether oxygens (including phenoxy) is 1. The Hall–Kier alpha value is -1.46. The Kier molecular flexibility index (Phi) is 5.09. The van der Waals surface area contributed by atoms with E-state index in [1.807, 2.05) is 0 Å². The number of ketones is 1. The predicted octanol–water partition coefficient (Wildman–Crippen LogP) is 1.65. The normalized spacial score (nSPS) is 17.1. The number of carbonyl (C=O) groups excluding carboxylic acids is 1. The number of halogens is 1. The van der Waals surface area contributed by atoms with Gasteiger partial charge in [0.15, 0.2) is 5.78 Å². The first-order valence-electron chi connectivity index (χ1n) is 6.90. The van der Waals surface area contributed by atoms with Crippen LogP contribution in [0.4, 0.5) is 4.39 Å². The van der Waals surface area contributed by atoms with Gasteiger partial charge in [-0.2, -0.15) is 0 Å². The molecule has 0 radical (unpaired) electrons. The highest BCUT2D eigenvalue weighted by molar-refractivity contribution is 5.96. The first kappa shape index (κ1) is 14.9. The van der Waals surface area contributed by atoms with Crippen LogP contribution in [0.5, 0.6) is 5.75 Å². The van der Waals surface area contributed by atoms with Gasteiger partial charge in [-0.05, 0) is 32.2 Å². The van der Waals surface area contributed by atoms with E-state index in [9.17, 15) is 9.18 Å². The maximum Gasteiger partial charge on any atom is 0.163 e. The van der Waals surface area contributed by atoms with E-state index in [0.717, 1.165) is 32.7 Å². The van der Waals surface area contributed by atoms with Crippen molar-refractivity contribution in [3.8, 4) is 5.75 Å². The third-order valence-electron chi connectivity index (χ3n) is 3.58. The molecule has 1 aliphatic rings. The van der Waals surface area contributed by atoms with Gasteiger partial charge in [-0.25, -0.2) is 4.39 Å². The van der Waals surface area contributed by atoms with E-state index in [0.29, 0.717) is 17.9 Å². The molecule has 0 amide bonds. The van der Waals surface area contributed by atoms with Gasteiger partial charge in [-0.15, -0.1) is 0 Å². The molecule has 2 rings (SSSR count). The Morgan fingerprint density at radius 3 is 2.65 bits per heavy atom. The van der Waals surface area contributed by atoms with Gasteiger partial charge in [-0.1, -0.05) is 0 Å². The van der Waals surface area contributed by atoms with Crippen molar-refractivity contribution in [2.45, 2.75) is 6.92 Å². The minimum atomic E-state index is -0.415. The van der Waals surface area contributed by atoms with E-state index in [2.05, 4.69) is 16.8 Å². The zero-order valence-corrected chi connectivity index (χ0v) is 12.1. The summed E-state index contributed by atoms with van der Waals surface area (Å²) in [7, 11) is 2.12. The topological polar surface area (TPSA) is 32.8 Å². The maximum atomic E-state index is 13.1. The molecule has 1 aliphatic heterocycles. The number of likely N-dealkylation sites (N-methyl/N-ethyl adjacent to an activating group) is 1. The number of Topliss-reactive ketones (excluding diaryl/α,β-unsaturated/α-hetero) is 1. The van der Waals surface area contributed by atoms with Crippen LogP contribution in [0.25, 0.3) is 0 Å². The fraction of sp³-hybridized carbons (Fsp3) is 0.533. The Labute approximate surface area is 119 Å². The van der Waals surface area contributed by atoms with Crippen molar-refractivity contribution in [3.05, 3.63) is 29.6 Å². The van der Waals surface area contributed by atoms with Gasteiger partial charge in [-0.3, -0.25) is 9.69 Å². The summed E-state index contributed by atoms with van der Waals surface area (Å²) >= 11 is 0. The molecule has 0 spiro atoms. The SMILES string of the molecule is CC(=O)c1cc(F)ccc1OCCN1CCN(C)CC1. The minimum absolute atomic E-state index is 0.181. The smallest absolute Gasteiger partial charge is 0.163 e. The molecule has 1 fully saturated rings. The lowest BCUT2D eigenvalue weighted by molar-refractivity contribution is 0.101. The zero-order chi connectivity index (χ0) is 14.5. The van der Waals surface area contributed by atoms with Gasteiger partial charge >= 0.3 is 0 Å². The molecule has 0 saturated carbocycles. The Bertz CT molecular complexity index is 471. The molecule has 110 valence electrons. The molecule has 0 N–H and O–H groups in total. The van der Waals surface area contributed by atoms with Gasteiger partial charge in [0.2, 0.25) is 0 Å². The molecule has 0 aromatic heterocycles. The molecule has 5 heteroatoms. The lowest BCUT2D eigenvalue weighted by Gasteiger charge is -2.32. The Morgan fingerprint density at radius 2 is 2.00 bits per heavy atom. The van der Waals surface area contributed by atoms with Gasteiger partial charge in [0.1, 0.15) is 18.2 Å². The molecular weight excluding hydrogens is 259 g/mol. The quantitative estimate of drug-likeness (QED) is 0.768. The van der Waals surface area contributed by atoms with Crippen LogP contribution >= 0.6 is 0 Å². The van der Waals surface area contributed by atoms with Crippen molar-refractivity contribution in [3.63, 3.8) is 0 Å². The van der Waals surface area contributed by atoms with Crippen LogP contribution in [0, 0.1) is 5.82 Å². The van der Waals surface area contributed by atoms with Crippen molar-refractivity contribution in [1.29, 1.82) is 0 Å². The largest absolute Gasteiger partial charge is 0.491 e. The second-order valence-corrected chi connectivity index (χ2v) is 5.19. The van der Waals surface area contributed by atoms with Gasteiger partial charge in [0.25, 0.3) is 0 Å². The van der Waals surface area contributed by atoms with Crippen LogP contribution in [0.15, 0.2) is 18.2 Å². The standard InChI is InChI=1S/C15H21FN2O2/c1-12(19)14-11-13(16)3-4-15(14)20-10-9-18-7-5-17(2)6-8-18/h3-4,11H,5-10H2,1-2H3. The molecule has 0 unspecified atom stereocenters. The molecule has 20 heavy (non-hydrogen) atoms. The molecule has 1 aromatic rings. The number of piperazine rings is 1. The lowest BCUT2D eigenvalue weighted by Crippen LogP contribution is -2.45. The summed E-state index contributed by atoms with van der Waals surface area (Å²) in [4.78, 5) is 16.1. The Balaban J connectivity index is 1.86. The van der Waals surface area contributed by atoms with Crippen molar-refractivity contribution in [2.24, 2.45) is 0 Å². The minimum Gasteiger partial charge on any atom is -0.491 e.